The molecule has 1 saturated heterocycles. The molecule has 0 spiro atoms. The van der Waals surface area contributed by atoms with Gasteiger partial charge in [0, 0.05) is 49.8 Å². The van der Waals surface area contributed by atoms with Crippen LogP contribution in [0.15, 0.2) is 48.7 Å². The first-order chi connectivity index (χ1) is 12.7. The second-order valence-corrected chi connectivity index (χ2v) is 6.66. The predicted octanol–water partition coefficient (Wildman–Crippen LogP) is 1.18. The van der Waals surface area contributed by atoms with Gasteiger partial charge in [0.1, 0.15) is 0 Å². The molecule has 26 heavy (non-hydrogen) atoms. The molecule has 2 atom stereocenters. The quantitative estimate of drug-likeness (QED) is 0.642. The lowest BCUT2D eigenvalue weighted by molar-refractivity contribution is 0.0917. The first-order valence-electron chi connectivity index (χ1n) is 8.71. The Bertz CT molecular complexity index is 895. The van der Waals surface area contributed by atoms with E-state index in [1.807, 2.05) is 42.5 Å². The van der Waals surface area contributed by atoms with Gasteiger partial charge in [-0.25, -0.2) is 0 Å². The van der Waals surface area contributed by atoms with E-state index in [-0.39, 0.29) is 24.5 Å². The number of aromatic nitrogens is 3. The summed E-state index contributed by atoms with van der Waals surface area (Å²) in [7, 11) is 0. The van der Waals surface area contributed by atoms with Crippen LogP contribution in [0, 0.1) is 5.92 Å². The largest absolute Gasteiger partial charge is 0.396 e. The summed E-state index contributed by atoms with van der Waals surface area (Å²) in [6, 6.07) is 13.3. The summed E-state index contributed by atoms with van der Waals surface area (Å²) in [5.41, 5.74) is 2.20. The fourth-order valence-electron chi connectivity index (χ4n) is 3.53. The molecule has 1 fully saturated rings. The van der Waals surface area contributed by atoms with Crippen molar-refractivity contribution in [2.24, 2.45) is 5.92 Å². The van der Waals surface area contributed by atoms with E-state index in [1.165, 1.54) is 0 Å². The molecule has 1 aliphatic heterocycles. The van der Waals surface area contributed by atoms with E-state index in [0.717, 1.165) is 23.1 Å². The van der Waals surface area contributed by atoms with Crippen LogP contribution in [0.3, 0.4) is 0 Å². The Labute approximate surface area is 151 Å². The Morgan fingerprint density at radius 2 is 2.08 bits per heavy atom. The van der Waals surface area contributed by atoms with Crippen molar-refractivity contribution in [1.29, 1.82) is 0 Å². The van der Waals surface area contributed by atoms with E-state index in [4.69, 9.17) is 0 Å². The Morgan fingerprint density at radius 3 is 2.88 bits per heavy atom. The molecule has 4 rings (SSSR count). The number of aliphatic hydroxyl groups is 1. The summed E-state index contributed by atoms with van der Waals surface area (Å²) in [4.78, 5) is 19.2. The van der Waals surface area contributed by atoms with Crippen molar-refractivity contribution in [3.8, 4) is 0 Å². The van der Waals surface area contributed by atoms with Gasteiger partial charge in [0.15, 0.2) is 5.69 Å². The maximum atomic E-state index is 12.7. The summed E-state index contributed by atoms with van der Waals surface area (Å²) in [5.74, 6) is -0.224. The topological polar surface area (TPSA) is 94.1 Å². The van der Waals surface area contributed by atoms with Crippen molar-refractivity contribution in [1.82, 2.24) is 25.4 Å². The van der Waals surface area contributed by atoms with Crippen molar-refractivity contribution in [2.75, 3.05) is 19.7 Å². The number of rotatable bonds is 5. The van der Waals surface area contributed by atoms with E-state index in [2.05, 4.69) is 25.4 Å². The number of pyridine rings is 1. The average molecular weight is 351 g/mol. The number of nitrogens with one attached hydrogen (secondary N) is 2. The van der Waals surface area contributed by atoms with E-state index < -0.39 is 0 Å². The number of likely N-dealkylation sites (tertiary alicyclic amines) is 1. The van der Waals surface area contributed by atoms with Crippen LogP contribution in [0.5, 0.6) is 0 Å². The fraction of sp³-hybridized carbons (Fsp3) is 0.316. The highest BCUT2D eigenvalue weighted by molar-refractivity contribution is 6.04. The molecule has 2 aromatic heterocycles. The number of amides is 1. The number of hydrogen-bond donors (Lipinski definition) is 3. The molecule has 0 aliphatic carbocycles. The standard InChI is InChI=1S/C19H21N5O2/c25-12-13-9-24(10-14-5-3-4-8-20-14)11-17(13)21-19(26)18-15-6-1-2-7-16(15)22-23-18/h1-8,13,17,25H,9-12H2,(H,21,26)(H,22,23)/t13-,17+/m0/s1. The highest BCUT2D eigenvalue weighted by atomic mass is 16.3. The second-order valence-electron chi connectivity index (χ2n) is 6.66. The Balaban J connectivity index is 1.45. The molecule has 0 saturated carbocycles. The van der Waals surface area contributed by atoms with Gasteiger partial charge in [0.05, 0.1) is 11.2 Å². The fourth-order valence-corrected chi connectivity index (χ4v) is 3.53. The summed E-state index contributed by atoms with van der Waals surface area (Å²) in [6.45, 7) is 2.13. The number of carbonyl (C=O) groups excluding carboxylic acids is 1. The molecule has 7 nitrogen and oxygen atoms in total. The second kappa shape index (κ2) is 7.23. The zero-order valence-corrected chi connectivity index (χ0v) is 14.3. The van der Waals surface area contributed by atoms with Crippen LogP contribution in [-0.2, 0) is 6.54 Å². The Hall–Kier alpha value is -2.77. The maximum absolute atomic E-state index is 12.7. The molecule has 1 aliphatic rings. The van der Waals surface area contributed by atoms with E-state index in [9.17, 15) is 9.90 Å². The average Bonchev–Trinajstić information content (AvgIpc) is 3.26. The first-order valence-corrected chi connectivity index (χ1v) is 8.71. The zero-order valence-electron chi connectivity index (χ0n) is 14.3. The predicted molar refractivity (Wildman–Crippen MR) is 97.4 cm³/mol. The molecule has 134 valence electrons. The van der Waals surface area contributed by atoms with Crippen LogP contribution in [-0.4, -0.2) is 56.8 Å². The van der Waals surface area contributed by atoms with Gasteiger partial charge in [0.25, 0.3) is 5.91 Å². The van der Waals surface area contributed by atoms with Gasteiger partial charge in [-0.2, -0.15) is 5.10 Å². The van der Waals surface area contributed by atoms with Gasteiger partial charge in [-0.15, -0.1) is 0 Å². The lowest BCUT2D eigenvalue weighted by Gasteiger charge is -2.17. The Morgan fingerprint density at radius 1 is 1.23 bits per heavy atom. The molecule has 1 amide bonds. The molecule has 0 radical (unpaired) electrons. The van der Waals surface area contributed by atoms with Crippen molar-refractivity contribution in [2.45, 2.75) is 12.6 Å². The smallest absolute Gasteiger partial charge is 0.272 e. The molecule has 0 bridgehead atoms. The minimum absolute atomic E-state index is 0.00660. The molecule has 1 aromatic carbocycles. The van der Waals surface area contributed by atoms with Gasteiger partial charge < -0.3 is 10.4 Å². The monoisotopic (exact) mass is 351 g/mol. The number of aliphatic hydroxyl groups excluding tert-OH is 1. The highest BCUT2D eigenvalue weighted by Crippen LogP contribution is 2.20. The third kappa shape index (κ3) is 3.31. The SMILES string of the molecule is O=C(N[C@@H]1CN(Cc2ccccn2)C[C@H]1CO)c1n[nH]c2ccccc12. The zero-order chi connectivity index (χ0) is 17.9. The summed E-state index contributed by atoms with van der Waals surface area (Å²) < 4.78 is 0. The summed E-state index contributed by atoms with van der Waals surface area (Å²) >= 11 is 0. The number of carbonyl (C=O) groups is 1. The number of benzene rings is 1. The van der Waals surface area contributed by atoms with E-state index >= 15 is 0 Å². The molecule has 3 N–H and O–H groups in total. The normalized spacial score (nSPS) is 20.5. The van der Waals surface area contributed by atoms with Crippen LogP contribution in [0.4, 0.5) is 0 Å². The van der Waals surface area contributed by atoms with Gasteiger partial charge in [-0.3, -0.25) is 19.8 Å². The Kier molecular flexibility index (Phi) is 4.64. The van der Waals surface area contributed by atoms with Crippen LogP contribution >= 0.6 is 0 Å². The van der Waals surface area contributed by atoms with Crippen LogP contribution in [0.2, 0.25) is 0 Å². The third-order valence-corrected chi connectivity index (χ3v) is 4.86. The van der Waals surface area contributed by atoms with Gasteiger partial charge in [-0.05, 0) is 18.2 Å². The van der Waals surface area contributed by atoms with Crippen LogP contribution in [0.1, 0.15) is 16.2 Å². The minimum atomic E-state index is -0.217. The number of para-hydroxylation sites is 1. The van der Waals surface area contributed by atoms with Crippen molar-refractivity contribution in [3.63, 3.8) is 0 Å². The molecular formula is C19H21N5O2. The van der Waals surface area contributed by atoms with Crippen molar-refractivity contribution < 1.29 is 9.90 Å². The molecule has 7 heteroatoms. The number of fused-ring (bicyclic) bond motifs is 1. The van der Waals surface area contributed by atoms with Gasteiger partial charge in [0.2, 0.25) is 0 Å². The van der Waals surface area contributed by atoms with Crippen LogP contribution < -0.4 is 5.32 Å². The molecule has 0 unspecified atom stereocenters. The molecule has 3 aromatic rings. The minimum Gasteiger partial charge on any atom is -0.396 e. The number of H-pyrrole nitrogens is 1. The first kappa shape index (κ1) is 16.7. The molecule has 3 heterocycles. The van der Waals surface area contributed by atoms with Gasteiger partial charge in [-0.1, -0.05) is 24.3 Å². The number of hydrogen-bond acceptors (Lipinski definition) is 5. The molecular weight excluding hydrogens is 330 g/mol. The van der Waals surface area contributed by atoms with E-state index in [0.29, 0.717) is 18.8 Å². The number of nitrogens with zero attached hydrogens (tertiary/aromatic N) is 3. The summed E-state index contributed by atoms with van der Waals surface area (Å²) in [6.07, 6.45) is 1.77. The van der Waals surface area contributed by atoms with E-state index in [1.54, 1.807) is 6.20 Å². The number of aromatic amines is 1. The highest BCUT2D eigenvalue weighted by Gasteiger charge is 2.34. The van der Waals surface area contributed by atoms with Gasteiger partial charge >= 0.3 is 0 Å². The van der Waals surface area contributed by atoms with Crippen molar-refractivity contribution in [3.05, 3.63) is 60.0 Å². The summed E-state index contributed by atoms with van der Waals surface area (Å²) in [5, 5.41) is 20.6. The third-order valence-electron chi connectivity index (χ3n) is 4.86. The van der Waals surface area contributed by atoms with Crippen molar-refractivity contribution >= 4 is 16.8 Å². The van der Waals surface area contributed by atoms with Crippen LogP contribution in [0.25, 0.3) is 10.9 Å². The lowest BCUT2D eigenvalue weighted by Crippen LogP contribution is -2.41. The lowest BCUT2D eigenvalue weighted by atomic mass is 10.0. The maximum Gasteiger partial charge on any atom is 0.272 e.